The molecule has 0 saturated heterocycles. The van der Waals surface area contributed by atoms with Crippen LogP contribution in [0.3, 0.4) is 0 Å². The number of hydrogen-bond acceptors (Lipinski definition) is 5. The number of benzene rings is 1. The molecule has 0 bridgehead atoms. The second-order valence-electron chi connectivity index (χ2n) is 6.14. The van der Waals surface area contributed by atoms with Crippen molar-refractivity contribution in [3.05, 3.63) is 77.4 Å². The zero-order valence-corrected chi connectivity index (χ0v) is 14.6. The molecule has 0 radical (unpaired) electrons. The Balaban J connectivity index is 1.59. The highest BCUT2D eigenvalue weighted by atomic mass is 16.3. The van der Waals surface area contributed by atoms with Gasteiger partial charge in [0.15, 0.2) is 5.65 Å². The molecule has 0 atom stereocenters. The summed E-state index contributed by atoms with van der Waals surface area (Å²) in [6.45, 7) is 0.234. The fourth-order valence-corrected chi connectivity index (χ4v) is 2.81. The third-order valence-electron chi connectivity index (χ3n) is 4.26. The molecule has 0 aliphatic heterocycles. The molecule has 0 aliphatic carbocycles. The van der Waals surface area contributed by atoms with Gasteiger partial charge in [0.05, 0.1) is 24.7 Å². The minimum Gasteiger partial charge on any atom is -0.467 e. The van der Waals surface area contributed by atoms with Crippen LogP contribution >= 0.6 is 0 Å². The van der Waals surface area contributed by atoms with Gasteiger partial charge in [-0.3, -0.25) is 14.2 Å². The molecule has 0 saturated carbocycles. The van der Waals surface area contributed by atoms with E-state index in [0.29, 0.717) is 23.3 Å². The molecule has 27 heavy (non-hydrogen) atoms. The Bertz CT molecular complexity index is 1130. The summed E-state index contributed by atoms with van der Waals surface area (Å²) < 4.78 is 8.14. The van der Waals surface area contributed by atoms with Gasteiger partial charge in [-0.2, -0.15) is 5.10 Å². The van der Waals surface area contributed by atoms with Crippen LogP contribution in [0.4, 0.5) is 0 Å². The number of nitrogens with zero attached hydrogens (tertiary/aromatic N) is 5. The predicted octanol–water partition coefficient (Wildman–Crippen LogP) is 1.83. The van der Waals surface area contributed by atoms with Gasteiger partial charge in [0.25, 0.3) is 5.56 Å². The Morgan fingerprint density at radius 2 is 2.00 bits per heavy atom. The van der Waals surface area contributed by atoms with Crippen LogP contribution in [-0.2, 0) is 17.9 Å². The minimum absolute atomic E-state index is 0.102. The van der Waals surface area contributed by atoms with E-state index in [-0.39, 0.29) is 18.0 Å². The molecule has 8 heteroatoms. The molecule has 3 aromatic heterocycles. The molecule has 1 amide bonds. The third kappa shape index (κ3) is 3.24. The maximum absolute atomic E-state index is 12.7. The van der Waals surface area contributed by atoms with Crippen LogP contribution in [0.15, 0.2) is 70.5 Å². The number of amides is 1. The van der Waals surface area contributed by atoms with E-state index in [1.165, 1.54) is 22.0 Å². The van der Waals surface area contributed by atoms with Crippen LogP contribution in [-0.4, -0.2) is 37.2 Å². The molecule has 136 valence electrons. The van der Waals surface area contributed by atoms with Crippen molar-refractivity contribution in [3.63, 3.8) is 0 Å². The standard InChI is InChI=1S/C19H17N5O3/c1-22(11-15-8-5-9-27-15)17(25)12-23-13-20-18-16(19(23)26)10-21-24(18)14-6-3-2-4-7-14/h2-10,13H,11-12H2,1H3. The van der Waals surface area contributed by atoms with Crippen molar-refractivity contribution >= 4 is 16.9 Å². The summed E-state index contributed by atoms with van der Waals surface area (Å²) in [7, 11) is 1.66. The van der Waals surface area contributed by atoms with Crippen molar-refractivity contribution in [1.29, 1.82) is 0 Å². The summed E-state index contributed by atoms with van der Waals surface area (Å²) >= 11 is 0. The van der Waals surface area contributed by atoms with E-state index in [1.54, 1.807) is 30.1 Å². The van der Waals surface area contributed by atoms with Crippen LogP contribution in [0.25, 0.3) is 16.7 Å². The monoisotopic (exact) mass is 363 g/mol. The van der Waals surface area contributed by atoms with Gasteiger partial charge < -0.3 is 9.32 Å². The summed E-state index contributed by atoms with van der Waals surface area (Å²) in [5.74, 6) is 0.459. The van der Waals surface area contributed by atoms with Gasteiger partial charge in [0.2, 0.25) is 5.91 Å². The number of para-hydroxylation sites is 1. The highest BCUT2D eigenvalue weighted by Gasteiger charge is 2.15. The average Bonchev–Trinajstić information content (AvgIpc) is 3.34. The lowest BCUT2D eigenvalue weighted by atomic mass is 10.3. The van der Waals surface area contributed by atoms with E-state index in [4.69, 9.17) is 4.42 Å². The Labute approximate surface area is 154 Å². The Morgan fingerprint density at radius 1 is 1.19 bits per heavy atom. The molecular formula is C19H17N5O3. The molecular weight excluding hydrogens is 346 g/mol. The quantitative estimate of drug-likeness (QED) is 0.540. The van der Waals surface area contributed by atoms with E-state index in [2.05, 4.69) is 10.1 Å². The van der Waals surface area contributed by atoms with Crippen molar-refractivity contribution < 1.29 is 9.21 Å². The maximum Gasteiger partial charge on any atom is 0.264 e. The van der Waals surface area contributed by atoms with Crippen molar-refractivity contribution in [2.75, 3.05) is 7.05 Å². The number of carbonyl (C=O) groups is 1. The number of furan rings is 1. The van der Waals surface area contributed by atoms with Gasteiger partial charge in [-0.05, 0) is 24.3 Å². The van der Waals surface area contributed by atoms with Gasteiger partial charge in [0.1, 0.15) is 24.0 Å². The summed E-state index contributed by atoms with van der Waals surface area (Å²) in [6.07, 6.45) is 4.41. The Kier molecular flexibility index (Phi) is 4.29. The molecule has 0 aliphatic rings. The van der Waals surface area contributed by atoms with Gasteiger partial charge in [-0.15, -0.1) is 0 Å². The second-order valence-corrected chi connectivity index (χ2v) is 6.14. The lowest BCUT2D eigenvalue weighted by Crippen LogP contribution is -2.33. The molecule has 4 aromatic rings. The topological polar surface area (TPSA) is 86.2 Å². The zero-order valence-electron chi connectivity index (χ0n) is 14.6. The largest absolute Gasteiger partial charge is 0.467 e. The van der Waals surface area contributed by atoms with E-state index in [1.807, 2.05) is 30.3 Å². The number of carbonyl (C=O) groups excluding carboxylic acids is 1. The summed E-state index contributed by atoms with van der Waals surface area (Å²) in [4.78, 5) is 31.0. The molecule has 0 spiro atoms. The summed E-state index contributed by atoms with van der Waals surface area (Å²) in [6, 6.07) is 13.0. The third-order valence-corrected chi connectivity index (χ3v) is 4.26. The van der Waals surface area contributed by atoms with E-state index in [9.17, 15) is 9.59 Å². The van der Waals surface area contributed by atoms with Crippen LogP contribution in [0, 0.1) is 0 Å². The van der Waals surface area contributed by atoms with Crippen molar-refractivity contribution in [1.82, 2.24) is 24.2 Å². The van der Waals surface area contributed by atoms with Gasteiger partial charge in [-0.25, -0.2) is 9.67 Å². The van der Waals surface area contributed by atoms with Crippen molar-refractivity contribution in [2.24, 2.45) is 0 Å². The second kappa shape index (κ2) is 6.91. The molecule has 0 unspecified atom stereocenters. The number of aromatic nitrogens is 4. The molecule has 0 fully saturated rings. The number of rotatable bonds is 5. The van der Waals surface area contributed by atoms with Crippen molar-refractivity contribution in [2.45, 2.75) is 13.1 Å². The van der Waals surface area contributed by atoms with E-state index in [0.717, 1.165) is 5.69 Å². The highest BCUT2D eigenvalue weighted by Crippen LogP contribution is 2.13. The van der Waals surface area contributed by atoms with E-state index < -0.39 is 0 Å². The van der Waals surface area contributed by atoms with Gasteiger partial charge >= 0.3 is 0 Å². The van der Waals surface area contributed by atoms with Gasteiger partial charge in [0, 0.05) is 7.05 Å². The molecule has 1 aromatic carbocycles. The first kappa shape index (κ1) is 16.8. The normalized spacial score (nSPS) is 11.0. The summed E-state index contributed by atoms with van der Waals surface area (Å²) in [5.41, 5.74) is 0.965. The molecule has 0 N–H and O–H groups in total. The fraction of sp³-hybridized carbons (Fsp3) is 0.158. The van der Waals surface area contributed by atoms with Crippen molar-refractivity contribution in [3.8, 4) is 5.69 Å². The maximum atomic E-state index is 12.7. The number of likely N-dealkylation sites (N-methyl/N-ethyl adjacent to an activating group) is 1. The zero-order chi connectivity index (χ0) is 18.8. The fourth-order valence-electron chi connectivity index (χ4n) is 2.81. The lowest BCUT2D eigenvalue weighted by molar-refractivity contribution is -0.131. The molecule has 8 nitrogen and oxygen atoms in total. The number of fused-ring (bicyclic) bond motifs is 1. The smallest absolute Gasteiger partial charge is 0.264 e. The van der Waals surface area contributed by atoms with Crippen LogP contribution in [0.1, 0.15) is 5.76 Å². The highest BCUT2D eigenvalue weighted by molar-refractivity contribution is 5.77. The first-order chi connectivity index (χ1) is 13.1. The van der Waals surface area contributed by atoms with Crippen LogP contribution in [0.5, 0.6) is 0 Å². The number of hydrogen-bond donors (Lipinski definition) is 0. The predicted molar refractivity (Wildman–Crippen MR) is 98.3 cm³/mol. The Hall–Kier alpha value is -3.68. The SMILES string of the molecule is CN(Cc1ccco1)C(=O)Cn1cnc2c(cnn2-c2ccccc2)c1=O. The first-order valence-corrected chi connectivity index (χ1v) is 8.38. The van der Waals surface area contributed by atoms with Crippen LogP contribution < -0.4 is 5.56 Å². The van der Waals surface area contributed by atoms with E-state index >= 15 is 0 Å². The first-order valence-electron chi connectivity index (χ1n) is 8.38. The Morgan fingerprint density at radius 3 is 2.74 bits per heavy atom. The average molecular weight is 363 g/mol. The minimum atomic E-state index is -0.304. The summed E-state index contributed by atoms with van der Waals surface area (Å²) in [5, 5.41) is 4.63. The van der Waals surface area contributed by atoms with Gasteiger partial charge in [-0.1, -0.05) is 18.2 Å². The molecule has 4 rings (SSSR count). The van der Waals surface area contributed by atoms with Crippen LogP contribution in [0.2, 0.25) is 0 Å². The molecule has 3 heterocycles. The lowest BCUT2D eigenvalue weighted by Gasteiger charge is -2.16.